The number of piperidine rings is 1. The smallest absolute Gasteiger partial charge is 0.175 e. The van der Waals surface area contributed by atoms with Gasteiger partial charge in [-0.15, -0.1) is 0 Å². The zero-order valence-electron chi connectivity index (χ0n) is 19.4. The molecule has 11 heteroatoms. The third kappa shape index (κ3) is 3.56. The molecule has 36 heavy (non-hydrogen) atoms. The number of nitrogens with zero attached hydrogens (tertiary/aromatic N) is 4. The molecular formula is C25H25FN6O3S. The van der Waals surface area contributed by atoms with E-state index in [4.69, 9.17) is 19.9 Å². The maximum atomic E-state index is 13.7. The molecule has 2 fully saturated rings. The van der Waals surface area contributed by atoms with Crippen molar-refractivity contribution in [1.29, 1.82) is 0 Å². The number of fused-ring (bicyclic) bond motifs is 2. The number of benzene rings is 1. The van der Waals surface area contributed by atoms with Gasteiger partial charge in [0.15, 0.2) is 11.6 Å². The molecule has 0 bridgehead atoms. The summed E-state index contributed by atoms with van der Waals surface area (Å²) in [5.41, 5.74) is 6.59. The average Bonchev–Trinajstić information content (AvgIpc) is 3.14. The normalized spacial score (nSPS) is 22.7. The van der Waals surface area contributed by atoms with E-state index in [9.17, 15) is 4.39 Å². The second kappa shape index (κ2) is 8.19. The SMILES string of the molecule is N[C@@H]1c2cc(F)ccc2OC12CCN(c1cnc(Sc3ccnc4c3OCC3(COC3)N4)cn1)CC2. The van der Waals surface area contributed by atoms with Gasteiger partial charge in [-0.3, -0.25) is 0 Å². The van der Waals surface area contributed by atoms with Gasteiger partial charge in [-0.1, -0.05) is 11.8 Å². The summed E-state index contributed by atoms with van der Waals surface area (Å²) >= 11 is 1.50. The monoisotopic (exact) mass is 508 g/mol. The van der Waals surface area contributed by atoms with Crippen LogP contribution in [0.15, 0.2) is 52.8 Å². The molecule has 186 valence electrons. The first-order chi connectivity index (χ1) is 17.5. The number of pyridine rings is 1. The van der Waals surface area contributed by atoms with Gasteiger partial charge in [0, 0.05) is 37.7 Å². The van der Waals surface area contributed by atoms with E-state index in [0.717, 1.165) is 58.8 Å². The van der Waals surface area contributed by atoms with Crippen LogP contribution in [-0.4, -0.2) is 59.0 Å². The van der Waals surface area contributed by atoms with Gasteiger partial charge >= 0.3 is 0 Å². The molecule has 0 amide bonds. The Balaban J connectivity index is 1.02. The highest BCUT2D eigenvalue weighted by molar-refractivity contribution is 7.99. The molecule has 3 aromatic rings. The first kappa shape index (κ1) is 22.1. The van der Waals surface area contributed by atoms with Gasteiger partial charge in [0.05, 0.1) is 36.5 Å². The fraction of sp³-hybridized carbons (Fsp3) is 0.400. The molecular weight excluding hydrogens is 483 g/mol. The lowest BCUT2D eigenvalue weighted by Crippen LogP contribution is -2.61. The van der Waals surface area contributed by atoms with Crippen molar-refractivity contribution in [2.45, 2.75) is 39.9 Å². The van der Waals surface area contributed by atoms with E-state index < -0.39 is 5.60 Å². The van der Waals surface area contributed by atoms with Gasteiger partial charge in [-0.05, 0) is 24.3 Å². The minimum atomic E-state index is -0.505. The summed E-state index contributed by atoms with van der Waals surface area (Å²) < 4.78 is 31.4. The maximum absolute atomic E-state index is 13.7. The first-order valence-electron chi connectivity index (χ1n) is 12.0. The van der Waals surface area contributed by atoms with Gasteiger partial charge in [0.1, 0.15) is 40.2 Å². The molecule has 1 atom stereocenters. The lowest BCUT2D eigenvalue weighted by Gasteiger charge is -2.45. The zero-order chi connectivity index (χ0) is 24.3. The summed E-state index contributed by atoms with van der Waals surface area (Å²) in [5, 5.41) is 4.24. The molecule has 2 saturated heterocycles. The number of rotatable bonds is 3. The summed E-state index contributed by atoms with van der Waals surface area (Å²) in [6.45, 7) is 3.26. The number of anilines is 2. The van der Waals surface area contributed by atoms with Crippen molar-refractivity contribution in [3.63, 3.8) is 0 Å². The molecule has 0 unspecified atom stereocenters. The van der Waals surface area contributed by atoms with Gasteiger partial charge < -0.3 is 30.2 Å². The van der Waals surface area contributed by atoms with Crippen molar-refractivity contribution in [2.24, 2.45) is 5.73 Å². The molecule has 3 N–H and O–H groups in total. The largest absolute Gasteiger partial charge is 0.486 e. The van der Waals surface area contributed by atoms with E-state index >= 15 is 0 Å². The lowest BCUT2D eigenvalue weighted by molar-refractivity contribution is -0.0652. The van der Waals surface area contributed by atoms with E-state index in [2.05, 4.69) is 25.2 Å². The van der Waals surface area contributed by atoms with Crippen LogP contribution in [0.1, 0.15) is 24.4 Å². The van der Waals surface area contributed by atoms with Crippen LogP contribution in [0, 0.1) is 5.82 Å². The predicted octanol–water partition coefficient (Wildman–Crippen LogP) is 3.17. The Labute approximate surface area is 211 Å². The van der Waals surface area contributed by atoms with Crippen LogP contribution in [0.4, 0.5) is 16.0 Å². The number of halogens is 1. The summed E-state index contributed by atoms with van der Waals surface area (Å²) in [4.78, 5) is 16.9. The molecule has 0 radical (unpaired) electrons. The van der Waals surface area contributed by atoms with E-state index in [-0.39, 0.29) is 17.4 Å². The lowest BCUT2D eigenvalue weighted by atomic mass is 9.83. The highest BCUT2D eigenvalue weighted by Crippen LogP contribution is 2.47. The predicted molar refractivity (Wildman–Crippen MR) is 131 cm³/mol. The van der Waals surface area contributed by atoms with E-state index in [1.165, 1.54) is 23.9 Å². The Morgan fingerprint density at radius 3 is 2.69 bits per heavy atom. The number of ether oxygens (including phenoxy) is 3. The Kier molecular flexibility index (Phi) is 5.02. The van der Waals surface area contributed by atoms with Crippen LogP contribution in [0.25, 0.3) is 0 Å². The molecule has 6 heterocycles. The van der Waals surface area contributed by atoms with Crippen LogP contribution in [0.3, 0.4) is 0 Å². The van der Waals surface area contributed by atoms with Crippen LogP contribution in [0.2, 0.25) is 0 Å². The Bertz CT molecular complexity index is 1310. The van der Waals surface area contributed by atoms with Crippen molar-refractivity contribution in [3.8, 4) is 11.5 Å². The third-order valence-electron chi connectivity index (χ3n) is 7.45. The number of hydrogen-bond donors (Lipinski definition) is 2. The minimum absolute atomic E-state index is 0.162. The highest BCUT2D eigenvalue weighted by atomic mass is 32.2. The maximum Gasteiger partial charge on any atom is 0.175 e. The first-order valence-corrected chi connectivity index (χ1v) is 12.8. The minimum Gasteiger partial charge on any atom is -0.486 e. The fourth-order valence-electron chi connectivity index (χ4n) is 5.33. The number of nitrogens with one attached hydrogen (secondary N) is 1. The van der Waals surface area contributed by atoms with Crippen LogP contribution < -0.4 is 25.4 Å². The zero-order valence-corrected chi connectivity index (χ0v) is 20.3. The molecule has 2 aromatic heterocycles. The Hall–Kier alpha value is -3.15. The highest BCUT2D eigenvalue weighted by Gasteiger charge is 2.48. The average molecular weight is 509 g/mol. The fourth-order valence-corrected chi connectivity index (χ4v) is 6.14. The van der Waals surface area contributed by atoms with Crippen LogP contribution in [-0.2, 0) is 4.74 Å². The Morgan fingerprint density at radius 1 is 1.08 bits per heavy atom. The summed E-state index contributed by atoms with van der Waals surface area (Å²) in [5.74, 6) is 2.68. The topological polar surface area (TPSA) is 108 Å². The number of nitrogens with two attached hydrogens (primary N) is 1. The second-order valence-corrected chi connectivity index (χ2v) is 10.9. The van der Waals surface area contributed by atoms with E-state index in [1.54, 1.807) is 24.7 Å². The summed E-state index contributed by atoms with van der Waals surface area (Å²) in [6, 6.07) is 6.16. The molecule has 0 aliphatic carbocycles. The number of hydrogen-bond acceptors (Lipinski definition) is 10. The molecule has 0 saturated carbocycles. The summed E-state index contributed by atoms with van der Waals surface area (Å²) in [6.07, 6.45) is 6.80. The van der Waals surface area contributed by atoms with E-state index in [0.29, 0.717) is 25.6 Å². The van der Waals surface area contributed by atoms with E-state index in [1.807, 2.05) is 6.07 Å². The van der Waals surface area contributed by atoms with Gasteiger partial charge in [-0.25, -0.2) is 19.3 Å². The molecule has 7 rings (SSSR count). The quantitative estimate of drug-likeness (QED) is 0.548. The number of aromatic nitrogens is 3. The van der Waals surface area contributed by atoms with Gasteiger partial charge in [0.25, 0.3) is 0 Å². The summed E-state index contributed by atoms with van der Waals surface area (Å²) in [7, 11) is 0. The van der Waals surface area contributed by atoms with Crippen molar-refractivity contribution in [3.05, 3.63) is 54.2 Å². The molecule has 1 aromatic carbocycles. The van der Waals surface area contributed by atoms with Crippen molar-refractivity contribution < 1.29 is 18.6 Å². The second-order valence-electron chi connectivity index (χ2n) is 9.80. The van der Waals surface area contributed by atoms with Crippen molar-refractivity contribution in [2.75, 3.05) is 43.1 Å². The van der Waals surface area contributed by atoms with Gasteiger partial charge in [-0.2, -0.15) is 0 Å². The third-order valence-corrected chi connectivity index (χ3v) is 8.41. The van der Waals surface area contributed by atoms with Crippen LogP contribution in [0.5, 0.6) is 11.5 Å². The molecule has 4 aliphatic heterocycles. The van der Waals surface area contributed by atoms with Crippen LogP contribution >= 0.6 is 11.8 Å². The Morgan fingerprint density at radius 2 is 1.94 bits per heavy atom. The molecule has 9 nitrogen and oxygen atoms in total. The molecule has 2 spiro atoms. The van der Waals surface area contributed by atoms with Gasteiger partial charge in [0.2, 0.25) is 0 Å². The van der Waals surface area contributed by atoms with Crippen molar-refractivity contribution >= 4 is 23.4 Å². The standard InChI is InChI=1S/C25H25FN6O3S/c26-15-1-2-17-16(9-15)22(27)25(35-17)4-7-32(8-5-25)19-10-30-20(11-29-19)36-18-3-6-28-23-21(18)34-14-24(31-23)12-33-13-24/h1-3,6,9-11,22H,4-5,7-8,12-14,27H2,(H,28,31)/t22-/m1/s1. The van der Waals surface area contributed by atoms with Crippen molar-refractivity contribution in [1.82, 2.24) is 15.0 Å². The molecule has 4 aliphatic rings.